The summed E-state index contributed by atoms with van der Waals surface area (Å²) in [7, 11) is 0. The summed E-state index contributed by atoms with van der Waals surface area (Å²) >= 11 is 5.91. The van der Waals surface area contributed by atoms with E-state index in [0.717, 1.165) is 29.6 Å². The molecule has 3 rings (SSSR count). The first-order valence-electron chi connectivity index (χ1n) is 6.11. The van der Waals surface area contributed by atoms with Crippen LogP contribution in [0.25, 0.3) is 5.65 Å². The van der Waals surface area contributed by atoms with Crippen molar-refractivity contribution in [3.05, 3.63) is 22.9 Å². The van der Waals surface area contributed by atoms with E-state index in [-0.39, 0.29) is 0 Å². The predicted octanol–water partition coefficient (Wildman–Crippen LogP) is 2.82. The Balaban J connectivity index is 1.99. The molecular weight excluding hydrogens is 236 g/mol. The average molecular weight is 251 g/mol. The predicted molar refractivity (Wildman–Crippen MR) is 66.2 cm³/mol. The largest absolute Gasteiger partial charge is 0.267 e. The van der Waals surface area contributed by atoms with E-state index >= 15 is 0 Å². The molecule has 1 aliphatic carbocycles. The maximum absolute atomic E-state index is 5.91. The van der Waals surface area contributed by atoms with Crippen molar-refractivity contribution < 1.29 is 0 Å². The van der Waals surface area contributed by atoms with Crippen LogP contribution >= 0.6 is 11.6 Å². The number of aromatic nitrogens is 4. The normalized spacial score (nSPS) is 17.1. The van der Waals surface area contributed by atoms with Gasteiger partial charge in [-0.05, 0) is 12.8 Å². The van der Waals surface area contributed by atoms with Crippen molar-refractivity contribution in [2.45, 2.75) is 39.0 Å². The zero-order valence-corrected chi connectivity index (χ0v) is 10.6. The highest BCUT2D eigenvalue weighted by Gasteiger charge is 2.19. The number of hydrogen-bond donors (Lipinski definition) is 0. The second kappa shape index (κ2) is 4.26. The van der Waals surface area contributed by atoms with Gasteiger partial charge >= 0.3 is 0 Å². The summed E-state index contributed by atoms with van der Waals surface area (Å²) in [5.41, 5.74) is 0.801. The van der Waals surface area contributed by atoms with E-state index in [1.54, 1.807) is 6.07 Å². The summed E-state index contributed by atoms with van der Waals surface area (Å²) in [5.74, 6) is 2.65. The van der Waals surface area contributed by atoms with E-state index in [1.807, 2.05) is 11.3 Å². The van der Waals surface area contributed by atoms with E-state index in [2.05, 4.69) is 15.2 Å². The van der Waals surface area contributed by atoms with Gasteiger partial charge in [-0.15, -0.1) is 10.2 Å². The van der Waals surface area contributed by atoms with Crippen molar-refractivity contribution in [3.8, 4) is 0 Å². The molecule has 4 nitrogen and oxygen atoms in total. The van der Waals surface area contributed by atoms with Crippen LogP contribution in [0.1, 0.15) is 37.3 Å². The molecule has 5 heteroatoms. The molecule has 1 saturated carbocycles. The second-order valence-corrected chi connectivity index (χ2v) is 5.18. The fourth-order valence-corrected chi connectivity index (χ4v) is 2.94. The fraction of sp³-hybridized carbons (Fsp3) is 0.583. The molecule has 0 unspecified atom stereocenters. The van der Waals surface area contributed by atoms with E-state index in [9.17, 15) is 0 Å². The van der Waals surface area contributed by atoms with Gasteiger partial charge in [-0.2, -0.15) is 0 Å². The zero-order valence-electron chi connectivity index (χ0n) is 9.86. The van der Waals surface area contributed by atoms with Gasteiger partial charge in [0.1, 0.15) is 16.8 Å². The van der Waals surface area contributed by atoms with Crippen LogP contribution in [0.15, 0.2) is 6.07 Å². The van der Waals surface area contributed by atoms with Crippen LogP contribution in [0.5, 0.6) is 0 Å². The summed E-state index contributed by atoms with van der Waals surface area (Å²) < 4.78 is 2.02. The SMILES string of the molecule is Cc1nc(Cl)cc2nnc(CC3CCCC3)n12. The van der Waals surface area contributed by atoms with E-state index in [0.29, 0.717) is 5.15 Å². The van der Waals surface area contributed by atoms with Gasteiger partial charge in [-0.1, -0.05) is 37.3 Å². The lowest BCUT2D eigenvalue weighted by molar-refractivity contribution is 0.526. The molecular formula is C12H15ClN4. The monoisotopic (exact) mass is 250 g/mol. The summed E-state index contributed by atoms with van der Waals surface area (Å²) in [6, 6.07) is 1.76. The fourth-order valence-electron chi connectivity index (χ4n) is 2.72. The maximum atomic E-state index is 5.91. The first kappa shape index (κ1) is 11.0. The Kier molecular flexibility index (Phi) is 2.74. The number of nitrogens with zero attached hydrogens (tertiary/aromatic N) is 4. The minimum absolute atomic E-state index is 0.481. The van der Waals surface area contributed by atoms with Gasteiger partial charge in [0.05, 0.1) is 0 Å². The Hall–Kier alpha value is -1.16. The summed E-state index contributed by atoms with van der Waals surface area (Å²) in [4.78, 5) is 4.26. The number of fused-ring (bicyclic) bond motifs is 1. The summed E-state index contributed by atoms with van der Waals surface area (Å²) in [5, 5.41) is 8.93. The molecule has 1 fully saturated rings. The third-order valence-electron chi connectivity index (χ3n) is 3.54. The zero-order chi connectivity index (χ0) is 11.8. The lowest BCUT2D eigenvalue weighted by Crippen LogP contribution is -2.06. The van der Waals surface area contributed by atoms with Crippen LogP contribution < -0.4 is 0 Å². The van der Waals surface area contributed by atoms with Crippen molar-refractivity contribution in [1.29, 1.82) is 0 Å². The molecule has 0 N–H and O–H groups in total. The van der Waals surface area contributed by atoms with Gasteiger partial charge < -0.3 is 0 Å². The Bertz CT molecular complexity index is 543. The topological polar surface area (TPSA) is 43.1 Å². The van der Waals surface area contributed by atoms with Crippen molar-refractivity contribution in [3.63, 3.8) is 0 Å². The molecule has 2 aromatic heterocycles. The molecule has 2 aromatic rings. The second-order valence-electron chi connectivity index (χ2n) is 4.79. The lowest BCUT2D eigenvalue weighted by Gasteiger charge is -2.08. The molecule has 2 heterocycles. The molecule has 1 aliphatic rings. The Morgan fingerprint density at radius 1 is 1.35 bits per heavy atom. The lowest BCUT2D eigenvalue weighted by atomic mass is 10.0. The van der Waals surface area contributed by atoms with E-state index < -0.39 is 0 Å². The third kappa shape index (κ3) is 2.02. The number of halogens is 1. The van der Waals surface area contributed by atoms with E-state index in [4.69, 9.17) is 11.6 Å². The molecule has 0 aliphatic heterocycles. The Morgan fingerprint density at radius 2 is 2.12 bits per heavy atom. The van der Waals surface area contributed by atoms with Gasteiger partial charge in [-0.3, -0.25) is 4.40 Å². The molecule has 90 valence electrons. The van der Waals surface area contributed by atoms with Gasteiger partial charge in [0.15, 0.2) is 5.65 Å². The highest BCUT2D eigenvalue weighted by Crippen LogP contribution is 2.27. The van der Waals surface area contributed by atoms with Crippen molar-refractivity contribution in [1.82, 2.24) is 19.6 Å². The van der Waals surface area contributed by atoms with Crippen molar-refractivity contribution in [2.24, 2.45) is 5.92 Å². The molecule has 0 aromatic carbocycles. The van der Waals surface area contributed by atoms with Gasteiger partial charge in [0.2, 0.25) is 0 Å². The molecule has 0 saturated heterocycles. The molecule has 0 spiro atoms. The molecule has 0 radical (unpaired) electrons. The Labute approximate surface area is 105 Å². The first-order valence-corrected chi connectivity index (χ1v) is 6.49. The highest BCUT2D eigenvalue weighted by molar-refractivity contribution is 6.29. The third-order valence-corrected chi connectivity index (χ3v) is 3.74. The highest BCUT2D eigenvalue weighted by atomic mass is 35.5. The van der Waals surface area contributed by atoms with Crippen LogP contribution in [0, 0.1) is 12.8 Å². The molecule has 17 heavy (non-hydrogen) atoms. The van der Waals surface area contributed by atoms with Crippen LogP contribution in [0.2, 0.25) is 5.15 Å². The van der Waals surface area contributed by atoms with Crippen LogP contribution in [-0.4, -0.2) is 19.6 Å². The summed E-state index contributed by atoms with van der Waals surface area (Å²) in [6.45, 7) is 1.94. The first-order chi connectivity index (χ1) is 8.24. The summed E-state index contributed by atoms with van der Waals surface area (Å²) in [6.07, 6.45) is 6.34. The van der Waals surface area contributed by atoms with Gasteiger partial charge in [0, 0.05) is 12.5 Å². The van der Waals surface area contributed by atoms with Crippen LogP contribution in [0.4, 0.5) is 0 Å². The Morgan fingerprint density at radius 3 is 2.88 bits per heavy atom. The van der Waals surface area contributed by atoms with Crippen molar-refractivity contribution >= 4 is 17.2 Å². The smallest absolute Gasteiger partial charge is 0.165 e. The van der Waals surface area contributed by atoms with Gasteiger partial charge in [0.25, 0.3) is 0 Å². The quantitative estimate of drug-likeness (QED) is 0.770. The minimum atomic E-state index is 0.481. The molecule has 0 atom stereocenters. The van der Waals surface area contributed by atoms with Gasteiger partial charge in [-0.25, -0.2) is 4.98 Å². The average Bonchev–Trinajstić information content (AvgIpc) is 2.88. The van der Waals surface area contributed by atoms with E-state index in [1.165, 1.54) is 25.7 Å². The minimum Gasteiger partial charge on any atom is -0.267 e. The number of hydrogen-bond acceptors (Lipinski definition) is 3. The number of aryl methyl sites for hydroxylation is 1. The molecule has 0 amide bonds. The maximum Gasteiger partial charge on any atom is 0.165 e. The van der Waals surface area contributed by atoms with Crippen LogP contribution in [-0.2, 0) is 6.42 Å². The standard InChI is InChI=1S/C12H15ClN4/c1-8-14-10(13)7-12-16-15-11(17(8)12)6-9-4-2-3-5-9/h7,9H,2-6H2,1H3. The van der Waals surface area contributed by atoms with Crippen LogP contribution in [0.3, 0.4) is 0 Å². The number of rotatable bonds is 2. The van der Waals surface area contributed by atoms with Crippen molar-refractivity contribution in [2.75, 3.05) is 0 Å². The molecule has 0 bridgehead atoms.